The number of aryl methyl sites for hydroxylation is 1. The van der Waals surface area contributed by atoms with E-state index in [1.54, 1.807) is 0 Å². The molecule has 0 fully saturated rings. The highest BCUT2D eigenvalue weighted by atomic mass is 79.9. The van der Waals surface area contributed by atoms with Crippen LogP contribution in [0, 0.1) is 6.92 Å². The van der Waals surface area contributed by atoms with Crippen molar-refractivity contribution in [2.75, 3.05) is 0 Å². The Morgan fingerprint density at radius 1 is 1.15 bits per heavy atom. The summed E-state index contributed by atoms with van der Waals surface area (Å²) in [5.74, 6) is 0. The predicted octanol–water partition coefficient (Wildman–Crippen LogP) is 4.07. The Bertz CT molecular complexity index is 466. The molecule has 13 heavy (non-hydrogen) atoms. The van der Waals surface area contributed by atoms with Crippen molar-refractivity contribution in [3.63, 3.8) is 0 Å². The average molecular weight is 301 g/mol. The molecule has 1 aromatic carbocycles. The molecule has 1 heterocycles. The molecule has 0 aliphatic carbocycles. The van der Waals surface area contributed by atoms with Gasteiger partial charge in [-0.3, -0.25) is 0 Å². The van der Waals surface area contributed by atoms with Crippen molar-refractivity contribution in [3.05, 3.63) is 38.9 Å². The topological polar surface area (TPSA) is 12.9 Å². The monoisotopic (exact) mass is 299 g/mol. The summed E-state index contributed by atoms with van der Waals surface area (Å²) >= 11 is 6.85. The Balaban J connectivity index is 2.87. The zero-order valence-electron chi connectivity index (χ0n) is 7.01. The van der Waals surface area contributed by atoms with Crippen molar-refractivity contribution in [2.45, 2.75) is 6.92 Å². The van der Waals surface area contributed by atoms with E-state index >= 15 is 0 Å². The molecule has 1 nitrogen and oxygen atoms in total. The molecular formula is C10H7Br2N. The van der Waals surface area contributed by atoms with Crippen molar-refractivity contribution >= 4 is 42.8 Å². The molecule has 0 amide bonds. The van der Waals surface area contributed by atoms with Gasteiger partial charge in [0.15, 0.2) is 0 Å². The maximum absolute atomic E-state index is 4.39. The first-order valence-electron chi connectivity index (χ1n) is 3.89. The summed E-state index contributed by atoms with van der Waals surface area (Å²) in [5.41, 5.74) is 2.24. The van der Waals surface area contributed by atoms with Crippen molar-refractivity contribution in [1.82, 2.24) is 4.98 Å². The number of nitrogens with zero attached hydrogens (tertiary/aromatic N) is 1. The average Bonchev–Trinajstić information content (AvgIpc) is 2.06. The highest BCUT2D eigenvalue weighted by molar-refractivity contribution is 9.11. The molecule has 2 aromatic rings. The number of benzene rings is 1. The summed E-state index contributed by atoms with van der Waals surface area (Å²) in [6, 6.07) is 8.21. The van der Waals surface area contributed by atoms with Crippen LogP contribution in [-0.4, -0.2) is 4.98 Å². The minimum atomic E-state index is 0.865. The van der Waals surface area contributed by atoms with Crippen LogP contribution in [-0.2, 0) is 0 Å². The van der Waals surface area contributed by atoms with Gasteiger partial charge in [-0.2, -0.15) is 0 Å². The summed E-state index contributed by atoms with van der Waals surface area (Å²) in [6.07, 6.45) is 0. The molecule has 66 valence electrons. The lowest BCUT2D eigenvalue weighted by molar-refractivity contribution is 1.33. The van der Waals surface area contributed by atoms with Gasteiger partial charge in [-0.1, -0.05) is 6.07 Å². The van der Waals surface area contributed by atoms with Crippen LogP contribution in [0.2, 0.25) is 0 Å². The van der Waals surface area contributed by atoms with Gasteiger partial charge in [0.1, 0.15) is 4.60 Å². The van der Waals surface area contributed by atoms with Crippen molar-refractivity contribution in [3.8, 4) is 0 Å². The summed E-state index contributed by atoms with van der Waals surface area (Å²) in [5, 5.41) is 1.16. The number of hydrogen-bond acceptors (Lipinski definition) is 1. The lowest BCUT2D eigenvalue weighted by Gasteiger charge is -2.02. The van der Waals surface area contributed by atoms with E-state index in [-0.39, 0.29) is 0 Å². The van der Waals surface area contributed by atoms with E-state index in [9.17, 15) is 0 Å². The maximum Gasteiger partial charge on any atom is 0.106 e. The van der Waals surface area contributed by atoms with Crippen molar-refractivity contribution in [2.24, 2.45) is 0 Å². The fraction of sp³-hybridized carbons (Fsp3) is 0.100. The second-order valence-electron chi connectivity index (χ2n) is 2.95. The lowest BCUT2D eigenvalue weighted by atomic mass is 10.1. The number of hydrogen-bond donors (Lipinski definition) is 0. The fourth-order valence-corrected chi connectivity index (χ4v) is 2.30. The largest absolute Gasteiger partial charge is 0.240 e. The number of halogens is 2. The van der Waals surface area contributed by atoms with E-state index in [1.807, 2.05) is 6.07 Å². The van der Waals surface area contributed by atoms with E-state index in [2.05, 4.69) is 62.0 Å². The molecule has 0 aliphatic heterocycles. The predicted molar refractivity (Wildman–Crippen MR) is 61.9 cm³/mol. The maximum atomic E-state index is 4.39. The molecule has 0 bridgehead atoms. The molecule has 0 radical (unpaired) electrons. The van der Waals surface area contributed by atoms with E-state index in [0.29, 0.717) is 0 Å². The zero-order chi connectivity index (χ0) is 9.42. The van der Waals surface area contributed by atoms with Crippen LogP contribution in [0.15, 0.2) is 33.3 Å². The SMILES string of the molecule is Cc1cc(Br)c2nc(Br)ccc2c1. The third-order valence-corrected chi connectivity index (χ3v) is 2.90. The first-order chi connectivity index (χ1) is 6.16. The molecule has 0 saturated carbocycles. The minimum absolute atomic E-state index is 0.865. The third-order valence-electron chi connectivity index (χ3n) is 1.86. The number of pyridine rings is 1. The lowest BCUT2D eigenvalue weighted by Crippen LogP contribution is -1.83. The first-order valence-corrected chi connectivity index (χ1v) is 5.48. The van der Waals surface area contributed by atoms with E-state index in [4.69, 9.17) is 0 Å². The van der Waals surface area contributed by atoms with Gasteiger partial charge in [0.25, 0.3) is 0 Å². The van der Waals surface area contributed by atoms with Crippen LogP contribution in [0.4, 0.5) is 0 Å². The molecule has 0 aliphatic rings. The van der Waals surface area contributed by atoms with E-state index in [0.717, 1.165) is 20.0 Å². The Morgan fingerprint density at radius 2 is 1.92 bits per heavy atom. The van der Waals surface area contributed by atoms with E-state index in [1.165, 1.54) is 5.56 Å². The van der Waals surface area contributed by atoms with E-state index < -0.39 is 0 Å². The van der Waals surface area contributed by atoms with Gasteiger partial charge in [0.05, 0.1) is 5.52 Å². The molecule has 2 rings (SSSR count). The molecule has 1 aromatic heterocycles. The molecule has 0 unspecified atom stereocenters. The van der Waals surface area contributed by atoms with Gasteiger partial charge in [-0.25, -0.2) is 4.98 Å². The minimum Gasteiger partial charge on any atom is -0.240 e. The number of fused-ring (bicyclic) bond motifs is 1. The van der Waals surface area contributed by atoms with Crippen LogP contribution in [0.1, 0.15) is 5.56 Å². The molecule has 0 saturated heterocycles. The number of rotatable bonds is 0. The van der Waals surface area contributed by atoms with Crippen molar-refractivity contribution < 1.29 is 0 Å². The van der Waals surface area contributed by atoms with Gasteiger partial charge >= 0.3 is 0 Å². The second kappa shape index (κ2) is 3.39. The summed E-state index contributed by atoms with van der Waals surface area (Å²) in [4.78, 5) is 4.39. The Labute approximate surface area is 93.4 Å². The Morgan fingerprint density at radius 3 is 2.69 bits per heavy atom. The quantitative estimate of drug-likeness (QED) is 0.668. The highest BCUT2D eigenvalue weighted by Crippen LogP contribution is 2.25. The Hall–Kier alpha value is -0.410. The number of aromatic nitrogens is 1. The zero-order valence-corrected chi connectivity index (χ0v) is 10.2. The van der Waals surface area contributed by atoms with Gasteiger partial charge in [-0.05, 0) is 62.5 Å². The van der Waals surface area contributed by atoms with Gasteiger partial charge in [0, 0.05) is 9.86 Å². The smallest absolute Gasteiger partial charge is 0.106 e. The van der Waals surface area contributed by atoms with Crippen LogP contribution >= 0.6 is 31.9 Å². The van der Waals surface area contributed by atoms with Gasteiger partial charge in [0.2, 0.25) is 0 Å². The van der Waals surface area contributed by atoms with Crippen LogP contribution < -0.4 is 0 Å². The van der Waals surface area contributed by atoms with Gasteiger partial charge in [-0.15, -0.1) is 0 Å². The fourth-order valence-electron chi connectivity index (χ4n) is 1.31. The molecule has 0 N–H and O–H groups in total. The normalized spacial score (nSPS) is 10.7. The van der Waals surface area contributed by atoms with Crippen LogP contribution in [0.25, 0.3) is 10.9 Å². The first kappa shape index (κ1) is 9.16. The van der Waals surface area contributed by atoms with Crippen molar-refractivity contribution in [1.29, 1.82) is 0 Å². The molecule has 0 spiro atoms. The molecule has 0 atom stereocenters. The van der Waals surface area contributed by atoms with Gasteiger partial charge < -0.3 is 0 Å². The van der Waals surface area contributed by atoms with Crippen LogP contribution in [0.3, 0.4) is 0 Å². The standard InChI is InChI=1S/C10H7Br2N/c1-6-4-7-2-3-9(12)13-10(7)8(11)5-6/h2-5H,1H3. The Kier molecular flexibility index (Phi) is 2.39. The molecule has 3 heteroatoms. The summed E-state index contributed by atoms with van der Waals surface area (Å²) in [6.45, 7) is 2.08. The second-order valence-corrected chi connectivity index (χ2v) is 4.62. The van der Waals surface area contributed by atoms with Crippen LogP contribution in [0.5, 0.6) is 0 Å². The summed E-state index contributed by atoms with van der Waals surface area (Å²) < 4.78 is 1.91. The highest BCUT2D eigenvalue weighted by Gasteiger charge is 2.01. The third kappa shape index (κ3) is 1.76. The molecular weight excluding hydrogens is 294 g/mol. The summed E-state index contributed by atoms with van der Waals surface area (Å²) in [7, 11) is 0.